The molecule has 0 N–H and O–H groups in total. The Morgan fingerprint density at radius 2 is 2.17 bits per heavy atom. The van der Waals surface area contributed by atoms with Crippen LogP contribution in [0.15, 0.2) is 48.2 Å². The van der Waals surface area contributed by atoms with E-state index in [2.05, 4.69) is 21.4 Å². The van der Waals surface area contributed by atoms with Crippen LogP contribution < -0.4 is 0 Å². The highest BCUT2D eigenvalue weighted by Gasteiger charge is 2.29. The molecule has 1 saturated heterocycles. The predicted octanol–water partition coefficient (Wildman–Crippen LogP) is 3.58. The number of hydrogen-bond acceptors (Lipinski definition) is 6. The summed E-state index contributed by atoms with van der Waals surface area (Å²) in [5.74, 6) is 1.42. The molecule has 8 heteroatoms. The lowest BCUT2D eigenvalue weighted by molar-refractivity contribution is 0.0699. The van der Waals surface area contributed by atoms with Crippen molar-refractivity contribution in [1.29, 1.82) is 0 Å². The van der Waals surface area contributed by atoms with Gasteiger partial charge in [0.25, 0.3) is 5.91 Å². The van der Waals surface area contributed by atoms with Gasteiger partial charge in [-0.05, 0) is 43.3 Å². The number of thiophene rings is 1. The molecular weight excluding hydrogens is 384 g/mol. The van der Waals surface area contributed by atoms with Crippen LogP contribution in [0.3, 0.4) is 0 Å². The second-order valence-electron chi connectivity index (χ2n) is 7.27. The van der Waals surface area contributed by atoms with Gasteiger partial charge in [0, 0.05) is 43.3 Å². The van der Waals surface area contributed by atoms with E-state index in [0.717, 1.165) is 41.5 Å². The minimum absolute atomic E-state index is 0.0636. The maximum absolute atomic E-state index is 13.1. The third-order valence-corrected chi connectivity index (χ3v) is 6.07. The molecule has 0 saturated carbocycles. The minimum Gasteiger partial charge on any atom is -0.337 e. The van der Waals surface area contributed by atoms with Crippen molar-refractivity contribution < 1.29 is 4.79 Å². The Kier molecular flexibility index (Phi) is 4.55. The molecule has 5 heterocycles. The molecule has 1 amide bonds. The number of rotatable bonds is 3. The van der Waals surface area contributed by atoms with Gasteiger partial charge in [-0.3, -0.25) is 9.20 Å². The Bertz CT molecular complexity index is 1140. The van der Waals surface area contributed by atoms with Crippen LogP contribution in [0.2, 0.25) is 0 Å². The molecule has 4 aromatic rings. The zero-order valence-electron chi connectivity index (χ0n) is 16.0. The van der Waals surface area contributed by atoms with Gasteiger partial charge in [-0.2, -0.15) is 0 Å². The molecule has 1 atom stereocenters. The molecule has 7 nitrogen and oxygen atoms in total. The maximum Gasteiger partial charge on any atom is 0.274 e. The molecule has 0 bridgehead atoms. The van der Waals surface area contributed by atoms with E-state index >= 15 is 0 Å². The summed E-state index contributed by atoms with van der Waals surface area (Å²) in [6.45, 7) is 3.32. The molecule has 0 spiro atoms. The average molecular weight is 404 g/mol. The van der Waals surface area contributed by atoms with Crippen molar-refractivity contribution >= 4 is 23.0 Å². The zero-order valence-corrected chi connectivity index (χ0v) is 16.8. The maximum atomic E-state index is 13.1. The number of aryl methyl sites for hydroxylation is 1. The highest BCUT2D eigenvalue weighted by Crippen LogP contribution is 2.29. The number of amides is 1. The number of carbonyl (C=O) groups is 1. The van der Waals surface area contributed by atoms with Crippen LogP contribution in [-0.4, -0.2) is 48.2 Å². The van der Waals surface area contributed by atoms with Crippen LogP contribution in [0.4, 0.5) is 0 Å². The molecule has 0 radical (unpaired) electrons. The van der Waals surface area contributed by atoms with Gasteiger partial charge in [0.15, 0.2) is 0 Å². The molecule has 29 heavy (non-hydrogen) atoms. The fourth-order valence-electron chi connectivity index (χ4n) is 3.79. The van der Waals surface area contributed by atoms with Crippen molar-refractivity contribution in [2.24, 2.45) is 0 Å². The highest BCUT2D eigenvalue weighted by molar-refractivity contribution is 7.13. The smallest absolute Gasteiger partial charge is 0.274 e. The SMILES string of the molecule is Cc1cc(-c2cccs2)nc(C2CCCN(C(=O)c3cn4cccnc4n3)C2)n1. The van der Waals surface area contributed by atoms with Crippen molar-refractivity contribution in [2.45, 2.75) is 25.7 Å². The zero-order chi connectivity index (χ0) is 19.8. The summed E-state index contributed by atoms with van der Waals surface area (Å²) in [6.07, 6.45) is 7.16. The first-order valence-electron chi connectivity index (χ1n) is 9.66. The summed E-state index contributed by atoms with van der Waals surface area (Å²) in [6, 6.07) is 7.94. The number of imidazole rings is 1. The van der Waals surface area contributed by atoms with E-state index in [1.54, 1.807) is 28.1 Å². The average Bonchev–Trinajstić information content (AvgIpc) is 3.43. The molecule has 1 aliphatic heterocycles. The number of aromatic nitrogens is 5. The fourth-order valence-corrected chi connectivity index (χ4v) is 4.48. The van der Waals surface area contributed by atoms with Gasteiger partial charge in [0.05, 0.1) is 10.6 Å². The lowest BCUT2D eigenvalue weighted by Gasteiger charge is -2.31. The number of piperidine rings is 1. The van der Waals surface area contributed by atoms with E-state index < -0.39 is 0 Å². The van der Waals surface area contributed by atoms with E-state index in [0.29, 0.717) is 18.0 Å². The Morgan fingerprint density at radius 3 is 3.00 bits per heavy atom. The van der Waals surface area contributed by atoms with Crippen LogP contribution in [0.25, 0.3) is 16.3 Å². The summed E-state index contributed by atoms with van der Waals surface area (Å²) in [5.41, 5.74) is 2.33. The van der Waals surface area contributed by atoms with Gasteiger partial charge in [0.1, 0.15) is 11.5 Å². The largest absolute Gasteiger partial charge is 0.337 e. The van der Waals surface area contributed by atoms with E-state index in [9.17, 15) is 4.79 Å². The van der Waals surface area contributed by atoms with Gasteiger partial charge < -0.3 is 4.90 Å². The molecule has 146 valence electrons. The van der Waals surface area contributed by atoms with E-state index in [1.807, 2.05) is 36.2 Å². The Hall–Kier alpha value is -3.13. The number of likely N-dealkylation sites (tertiary alicyclic amines) is 1. The number of nitrogens with zero attached hydrogens (tertiary/aromatic N) is 6. The van der Waals surface area contributed by atoms with E-state index in [1.165, 1.54) is 0 Å². The molecule has 1 fully saturated rings. The molecule has 1 unspecified atom stereocenters. The quantitative estimate of drug-likeness (QED) is 0.522. The summed E-state index contributed by atoms with van der Waals surface area (Å²) < 4.78 is 1.77. The van der Waals surface area contributed by atoms with E-state index in [-0.39, 0.29) is 11.8 Å². The highest BCUT2D eigenvalue weighted by atomic mass is 32.1. The summed E-state index contributed by atoms with van der Waals surface area (Å²) in [4.78, 5) is 34.2. The third kappa shape index (κ3) is 3.51. The third-order valence-electron chi connectivity index (χ3n) is 5.17. The van der Waals surface area contributed by atoms with Gasteiger partial charge in [-0.15, -0.1) is 11.3 Å². The monoisotopic (exact) mass is 404 g/mol. The van der Waals surface area contributed by atoms with Crippen LogP contribution in [-0.2, 0) is 0 Å². The van der Waals surface area contributed by atoms with Crippen molar-refractivity contribution in [1.82, 2.24) is 29.2 Å². The summed E-state index contributed by atoms with van der Waals surface area (Å²) >= 11 is 1.67. The number of carbonyl (C=O) groups excluding carboxylic acids is 1. The summed E-state index contributed by atoms with van der Waals surface area (Å²) in [5, 5.41) is 2.05. The molecule has 0 aliphatic carbocycles. The topological polar surface area (TPSA) is 76.3 Å². The first kappa shape index (κ1) is 17.9. The van der Waals surface area contributed by atoms with Crippen molar-refractivity contribution in [3.63, 3.8) is 0 Å². The second kappa shape index (κ2) is 7.36. The Labute approximate surface area is 172 Å². The molecule has 0 aromatic carbocycles. The second-order valence-corrected chi connectivity index (χ2v) is 8.22. The van der Waals surface area contributed by atoms with Crippen molar-refractivity contribution in [2.75, 3.05) is 13.1 Å². The number of hydrogen-bond donors (Lipinski definition) is 0. The Morgan fingerprint density at radius 1 is 1.24 bits per heavy atom. The lowest BCUT2D eigenvalue weighted by Crippen LogP contribution is -2.39. The van der Waals surface area contributed by atoms with Gasteiger partial charge in [-0.1, -0.05) is 6.07 Å². The first-order chi connectivity index (χ1) is 14.2. The molecule has 5 rings (SSSR count). The Balaban J connectivity index is 1.40. The fraction of sp³-hybridized carbons (Fsp3) is 0.286. The molecule has 1 aliphatic rings. The molecule has 4 aromatic heterocycles. The first-order valence-corrected chi connectivity index (χ1v) is 10.5. The van der Waals surface area contributed by atoms with Crippen LogP contribution in [0.5, 0.6) is 0 Å². The normalized spacial score (nSPS) is 17.0. The van der Waals surface area contributed by atoms with Crippen LogP contribution in [0.1, 0.15) is 40.8 Å². The van der Waals surface area contributed by atoms with Crippen LogP contribution in [0, 0.1) is 6.92 Å². The van der Waals surface area contributed by atoms with Crippen LogP contribution >= 0.6 is 11.3 Å². The van der Waals surface area contributed by atoms with Crippen molar-refractivity contribution in [3.05, 3.63) is 65.4 Å². The molecular formula is C21H20N6OS. The minimum atomic E-state index is -0.0636. The predicted molar refractivity (Wildman–Crippen MR) is 111 cm³/mol. The van der Waals surface area contributed by atoms with Crippen molar-refractivity contribution in [3.8, 4) is 10.6 Å². The van der Waals surface area contributed by atoms with Gasteiger partial charge in [-0.25, -0.2) is 19.9 Å². The number of fused-ring (bicyclic) bond motifs is 1. The van der Waals surface area contributed by atoms with Gasteiger partial charge in [0.2, 0.25) is 5.78 Å². The van der Waals surface area contributed by atoms with E-state index in [4.69, 9.17) is 9.97 Å². The standard InChI is InChI=1S/C21H20N6OS/c1-14-11-16(18-6-3-10-29-18)24-19(23-14)15-5-2-8-26(12-15)20(28)17-13-27-9-4-7-22-21(27)25-17/h3-4,6-7,9-11,13,15H,2,5,8,12H2,1H3. The summed E-state index contributed by atoms with van der Waals surface area (Å²) in [7, 11) is 0. The van der Waals surface area contributed by atoms with Gasteiger partial charge >= 0.3 is 0 Å². The lowest BCUT2D eigenvalue weighted by atomic mass is 9.96.